The summed E-state index contributed by atoms with van der Waals surface area (Å²) in [6.45, 7) is 0. The Morgan fingerprint density at radius 2 is 2.21 bits per heavy atom. The molecule has 2 rings (SSSR count). The molecule has 0 heterocycles. The van der Waals surface area contributed by atoms with Crippen molar-refractivity contribution >= 4 is 23.4 Å². The van der Waals surface area contributed by atoms with Crippen molar-refractivity contribution in [1.29, 1.82) is 0 Å². The van der Waals surface area contributed by atoms with Crippen LogP contribution in [0.1, 0.15) is 24.5 Å². The summed E-state index contributed by atoms with van der Waals surface area (Å²) in [6.07, 6.45) is 3.88. The molecule has 14 heavy (non-hydrogen) atoms. The zero-order chi connectivity index (χ0) is 10.2. The Labute approximate surface area is 93.5 Å². The molecule has 0 bridgehead atoms. The fourth-order valence-electron chi connectivity index (χ4n) is 1.69. The number of rotatable bonds is 3. The smallest absolute Gasteiger partial charge is 0.0937 e. The molecular weight excluding hydrogens is 216 g/mol. The van der Waals surface area contributed by atoms with E-state index in [4.69, 9.17) is 11.6 Å². The second-order valence-corrected chi connectivity index (χ2v) is 5.38. The summed E-state index contributed by atoms with van der Waals surface area (Å²) >= 11 is 7.64. The topological polar surface area (TPSA) is 20.2 Å². The molecule has 1 aliphatic rings. The summed E-state index contributed by atoms with van der Waals surface area (Å²) < 4.78 is 0.0602. The SMILES string of the molecule is CSC1(C(O)c2cccc(Cl)c2)CC1. The summed E-state index contributed by atoms with van der Waals surface area (Å²) in [5, 5.41) is 10.8. The summed E-state index contributed by atoms with van der Waals surface area (Å²) in [5.41, 5.74) is 0.935. The molecule has 0 aromatic heterocycles. The quantitative estimate of drug-likeness (QED) is 0.857. The first kappa shape index (κ1) is 10.3. The molecule has 1 fully saturated rings. The number of hydrogen-bond donors (Lipinski definition) is 1. The van der Waals surface area contributed by atoms with Gasteiger partial charge in [0, 0.05) is 9.77 Å². The van der Waals surface area contributed by atoms with E-state index in [0.29, 0.717) is 5.02 Å². The van der Waals surface area contributed by atoms with Crippen molar-refractivity contribution < 1.29 is 5.11 Å². The van der Waals surface area contributed by atoms with E-state index >= 15 is 0 Å². The van der Waals surface area contributed by atoms with Crippen LogP contribution in [0, 0.1) is 0 Å². The fraction of sp³-hybridized carbons (Fsp3) is 0.455. The van der Waals surface area contributed by atoms with E-state index in [-0.39, 0.29) is 10.9 Å². The number of benzene rings is 1. The Morgan fingerprint density at radius 1 is 1.50 bits per heavy atom. The predicted octanol–water partition coefficient (Wildman–Crippen LogP) is 3.27. The molecule has 1 N–H and O–H groups in total. The highest BCUT2D eigenvalue weighted by Crippen LogP contribution is 2.55. The van der Waals surface area contributed by atoms with Gasteiger partial charge in [-0.05, 0) is 36.8 Å². The van der Waals surface area contributed by atoms with Gasteiger partial charge in [0.1, 0.15) is 0 Å². The molecule has 76 valence electrons. The first-order valence-electron chi connectivity index (χ1n) is 4.67. The minimum absolute atomic E-state index is 0.0602. The van der Waals surface area contributed by atoms with Crippen LogP contribution < -0.4 is 0 Å². The first-order chi connectivity index (χ1) is 6.68. The normalized spacial score (nSPS) is 20.5. The van der Waals surface area contributed by atoms with Crippen molar-refractivity contribution in [3.05, 3.63) is 34.9 Å². The Balaban J connectivity index is 2.23. The molecule has 1 nitrogen and oxygen atoms in total. The van der Waals surface area contributed by atoms with E-state index in [0.717, 1.165) is 18.4 Å². The maximum absolute atomic E-state index is 10.2. The van der Waals surface area contributed by atoms with Crippen molar-refractivity contribution in [3.63, 3.8) is 0 Å². The van der Waals surface area contributed by atoms with Crippen LogP contribution in [-0.2, 0) is 0 Å². The zero-order valence-corrected chi connectivity index (χ0v) is 9.61. The average Bonchev–Trinajstić information content (AvgIpc) is 2.97. The fourth-order valence-corrected chi connectivity index (χ4v) is 2.76. The third-order valence-corrected chi connectivity index (χ3v) is 4.49. The molecule has 0 saturated heterocycles. The molecule has 1 aliphatic carbocycles. The van der Waals surface area contributed by atoms with E-state index in [9.17, 15) is 5.11 Å². The van der Waals surface area contributed by atoms with Crippen LogP contribution in [0.5, 0.6) is 0 Å². The second kappa shape index (κ2) is 3.76. The van der Waals surface area contributed by atoms with Crippen molar-refractivity contribution in [2.75, 3.05) is 6.26 Å². The molecule has 3 heteroatoms. The van der Waals surface area contributed by atoms with Crippen molar-refractivity contribution in [1.82, 2.24) is 0 Å². The number of aliphatic hydroxyl groups is 1. The van der Waals surface area contributed by atoms with E-state index in [2.05, 4.69) is 6.26 Å². The van der Waals surface area contributed by atoms with Crippen LogP contribution in [-0.4, -0.2) is 16.1 Å². The second-order valence-electron chi connectivity index (χ2n) is 3.73. The molecule has 1 atom stereocenters. The molecule has 0 aliphatic heterocycles. The van der Waals surface area contributed by atoms with Crippen LogP contribution >= 0.6 is 23.4 Å². The van der Waals surface area contributed by atoms with Crippen molar-refractivity contribution in [3.8, 4) is 0 Å². The van der Waals surface area contributed by atoms with Crippen LogP contribution in [0.25, 0.3) is 0 Å². The minimum atomic E-state index is -0.379. The van der Waals surface area contributed by atoms with Gasteiger partial charge >= 0.3 is 0 Å². The van der Waals surface area contributed by atoms with Gasteiger partial charge in [-0.25, -0.2) is 0 Å². The summed E-state index contributed by atoms with van der Waals surface area (Å²) in [5.74, 6) is 0. The van der Waals surface area contributed by atoms with Gasteiger partial charge in [-0.1, -0.05) is 23.7 Å². The summed E-state index contributed by atoms with van der Waals surface area (Å²) in [4.78, 5) is 0. The molecule has 0 amide bonds. The highest BCUT2D eigenvalue weighted by molar-refractivity contribution is 8.00. The molecule has 1 saturated carbocycles. The number of aliphatic hydroxyl groups excluding tert-OH is 1. The van der Waals surface area contributed by atoms with Gasteiger partial charge in [0.25, 0.3) is 0 Å². The summed E-state index contributed by atoms with van der Waals surface area (Å²) in [6, 6.07) is 7.50. The lowest BCUT2D eigenvalue weighted by molar-refractivity contribution is 0.167. The lowest BCUT2D eigenvalue weighted by atomic mass is 10.1. The van der Waals surface area contributed by atoms with Crippen LogP contribution in [0.3, 0.4) is 0 Å². The predicted molar refractivity (Wildman–Crippen MR) is 61.9 cm³/mol. The van der Waals surface area contributed by atoms with Gasteiger partial charge in [-0.2, -0.15) is 11.8 Å². The minimum Gasteiger partial charge on any atom is -0.387 e. The van der Waals surface area contributed by atoms with Crippen LogP contribution in [0.4, 0.5) is 0 Å². The van der Waals surface area contributed by atoms with E-state index in [1.54, 1.807) is 11.8 Å². The highest BCUT2D eigenvalue weighted by atomic mass is 35.5. The third-order valence-electron chi connectivity index (χ3n) is 2.81. The van der Waals surface area contributed by atoms with Gasteiger partial charge in [0.05, 0.1) is 6.10 Å². The Kier molecular flexibility index (Phi) is 2.78. The number of halogens is 1. The van der Waals surface area contributed by atoms with Crippen LogP contribution in [0.2, 0.25) is 5.02 Å². The molecule has 1 aromatic carbocycles. The van der Waals surface area contributed by atoms with Gasteiger partial charge in [0.15, 0.2) is 0 Å². The molecule has 0 radical (unpaired) electrons. The maximum atomic E-state index is 10.2. The molecule has 1 unspecified atom stereocenters. The maximum Gasteiger partial charge on any atom is 0.0937 e. The zero-order valence-electron chi connectivity index (χ0n) is 8.03. The largest absolute Gasteiger partial charge is 0.387 e. The van der Waals surface area contributed by atoms with Crippen LogP contribution in [0.15, 0.2) is 24.3 Å². The molecule has 0 spiro atoms. The Hall–Kier alpha value is -0.180. The first-order valence-corrected chi connectivity index (χ1v) is 6.27. The Bertz CT molecular complexity index is 336. The monoisotopic (exact) mass is 228 g/mol. The Morgan fingerprint density at radius 3 is 2.71 bits per heavy atom. The molecule has 1 aromatic rings. The lowest BCUT2D eigenvalue weighted by Gasteiger charge is -2.20. The van der Waals surface area contributed by atoms with Crippen molar-refractivity contribution in [2.24, 2.45) is 0 Å². The van der Waals surface area contributed by atoms with Gasteiger partial charge in [-0.3, -0.25) is 0 Å². The number of hydrogen-bond acceptors (Lipinski definition) is 2. The molecular formula is C11H13ClOS. The van der Waals surface area contributed by atoms with E-state index in [1.807, 2.05) is 24.3 Å². The van der Waals surface area contributed by atoms with Gasteiger partial charge in [0.2, 0.25) is 0 Å². The standard InChI is InChI=1S/C11H13ClOS/c1-14-11(5-6-11)10(13)8-3-2-4-9(12)7-8/h2-4,7,10,13H,5-6H2,1H3. The van der Waals surface area contributed by atoms with Crippen molar-refractivity contribution in [2.45, 2.75) is 23.7 Å². The third kappa shape index (κ3) is 1.79. The summed E-state index contributed by atoms with van der Waals surface area (Å²) in [7, 11) is 0. The average molecular weight is 229 g/mol. The van der Waals surface area contributed by atoms with Gasteiger partial charge < -0.3 is 5.11 Å². The van der Waals surface area contributed by atoms with Gasteiger partial charge in [-0.15, -0.1) is 0 Å². The number of thioether (sulfide) groups is 1. The van der Waals surface area contributed by atoms with E-state index in [1.165, 1.54) is 0 Å². The van der Waals surface area contributed by atoms with E-state index < -0.39 is 0 Å². The lowest BCUT2D eigenvalue weighted by Crippen LogP contribution is -2.15. The highest BCUT2D eigenvalue weighted by Gasteiger charge is 2.48.